The molecule has 84 valence electrons. The molecule has 0 amide bonds. The smallest absolute Gasteiger partial charge is 0.145 e. The van der Waals surface area contributed by atoms with Gasteiger partial charge in [0.2, 0.25) is 0 Å². The Morgan fingerprint density at radius 3 is 2.81 bits per heavy atom. The van der Waals surface area contributed by atoms with Crippen LogP contribution in [0, 0.1) is 0 Å². The summed E-state index contributed by atoms with van der Waals surface area (Å²) < 4.78 is 0. The summed E-state index contributed by atoms with van der Waals surface area (Å²) in [7, 11) is 0. The molecule has 1 N–H and O–H groups in total. The maximum Gasteiger partial charge on any atom is 0.145 e. The Labute approximate surface area is 98.8 Å². The maximum absolute atomic E-state index is 4.39. The molecule has 1 unspecified atom stereocenters. The Kier molecular flexibility index (Phi) is 3.46. The molecule has 0 aromatic carbocycles. The van der Waals surface area contributed by atoms with Crippen molar-refractivity contribution in [3.63, 3.8) is 0 Å². The van der Waals surface area contributed by atoms with Crippen molar-refractivity contribution in [1.29, 1.82) is 0 Å². The highest BCUT2D eigenvalue weighted by molar-refractivity contribution is 7.11. The van der Waals surface area contributed by atoms with Gasteiger partial charge >= 0.3 is 0 Å². The Hall–Kier alpha value is -1.49. The van der Waals surface area contributed by atoms with Gasteiger partial charge in [-0.3, -0.25) is 4.98 Å². The molecule has 0 fully saturated rings. The number of hydrogen-bond donors (Lipinski definition) is 1. The van der Waals surface area contributed by atoms with Gasteiger partial charge < -0.3 is 5.32 Å². The normalized spacial score (nSPS) is 12.4. The van der Waals surface area contributed by atoms with E-state index in [2.05, 4.69) is 34.1 Å². The predicted molar refractivity (Wildman–Crippen MR) is 65.6 cm³/mol. The number of thiazole rings is 1. The average molecular weight is 234 g/mol. The fourth-order valence-corrected chi connectivity index (χ4v) is 2.20. The summed E-state index contributed by atoms with van der Waals surface area (Å²) in [6, 6.07) is 0.169. The highest BCUT2D eigenvalue weighted by atomic mass is 32.1. The summed E-state index contributed by atoms with van der Waals surface area (Å²) >= 11 is 1.74. The molecule has 0 saturated carbocycles. The maximum atomic E-state index is 4.39. The van der Waals surface area contributed by atoms with Gasteiger partial charge in [-0.15, -0.1) is 11.3 Å². The summed E-state index contributed by atoms with van der Waals surface area (Å²) in [5.41, 5.74) is 0. The van der Waals surface area contributed by atoms with Gasteiger partial charge in [0.05, 0.1) is 12.2 Å². The van der Waals surface area contributed by atoms with Gasteiger partial charge in [0.25, 0.3) is 0 Å². The quantitative estimate of drug-likeness (QED) is 0.883. The van der Waals surface area contributed by atoms with Gasteiger partial charge in [0.1, 0.15) is 10.8 Å². The number of nitrogens with one attached hydrogen (secondary N) is 1. The van der Waals surface area contributed by atoms with Crippen LogP contribution in [0.1, 0.15) is 29.8 Å². The molecule has 4 nitrogen and oxygen atoms in total. The Morgan fingerprint density at radius 2 is 2.19 bits per heavy atom. The molecule has 0 bridgehead atoms. The highest BCUT2D eigenvalue weighted by Gasteiger charge is 2.10. The first-order valence-corrected chi connectivity index (χ1v) is 6.08. The molecule has 2 heterocycles. The summed E-state index contributed by atoms with van der Waals surface area (Å²) in [5.74, 6) is 0.781. The number of nitrogens with zero attached hydrogens (tertiary/aromatic N) is 3. The van der Waals surface area contributed by atoms with Crippen LogP contribution in [-0.2, 0) is 6.42 Å². The van der Waals surface area contributed by atoms with Crippen LogP contribution in [0.2, 0.25) is 0 Å². The SMILES string of the molecule is CCc1cnc(C(C)Nc2cnccn2)s1. The van der Waals surface area contributed by atoms with Crippen LogP contribution in [0.5, 0.6) is 0 Å². The van der Waals surface area contributed by atoms with Crippen molar-refractivity contribution in [2.75, 3.05) is 5.32 Å². The minimum absolute atomic E-state index is 0.169. The van der Waals surface area contributed by atoms with Crippen molar-refractivity contribution in [3.8, 4) is 0 Å². The monoisotopic (exact) mass is 234 g/mol. The zero-order valence-electron chi connectivity index (χ0n) is 9.34. The van der Waals surface area contributed by atoms with E-state index in [0.717, 1.165) is 17.2 Å². The second-order valence-corrected chi connectivity index (χ2v) is 4.62. The number of anilines is 1. The van der Waals surface area contributed by atoms with E-state index in [-0.39, 0.29) is 6.04 Å². The van der Waals surface area contributed by atoms with Crippen LogP contribution in [0.25, 0.3) is 0 Å². The summed E-state index contributed by atoms with van der Waals surface area (Å²) in [5, 5.41) is 4.36. The van der Waals surface area contributed by atoms with E-state index in [1.807, 2.05) is 6.20 Å². The van der Waals surface area contributed by atoms with Crippen LogP contribution in [0.4, 0.5) is 5.82 Å². The predicted octanol–water partition coefficient (Wildman–Crippen LogP) is 2.67. The van der Waals surface area contributed by atoms with Gasteiger partial charge in [0, 0.05) is 23.5 Å². The van der Waals surface area contributed by atoms with Gasteiger partial charge in [-0.1, -0.05) is 6.92 Å². The van der Waals surface area contributed by atoms with E-state index in [1.54, 1.807) is 29.9 Å². The average Bonchev–Trinajstić information content (AvgIpc) is 2.79. The lowest BCUT2D eigenvalue weighted by Gasteiger charge is -2.10. The van der Waals surface area contributed by atoms with Crippen molar-refractivity contribution >= 4 is 17.2 Å². The third-order valence-corrected chi connectivity index (χ3v) is 3.54. The molecular formula is C11H14N4S. The minimum atomic E-state index is 0.169. The van der Waals surface area contributed by atoms with Gasteiger partial charge in [0.15, 0.2) is 0 Å². The largest absolute Gasteiger partial charge is 0.360 e. The molecule has 2 rings (SSSR count). The van der Waals surface area contributed by atoms with Crippen LogP contribution in [-0.4, -0.2) is 15.0 Å². The minimum Gasteiger partial charge on any atom is -0.360 e. The van der Waals surface area contributed by atoms with E-state index in [9.17, 15) is 0 Å². The second kappa shape index (κ2) is 5.03. The molecule has 16 heavy (non-hydrogen) atoms. The van der Waals surface area contributed by atoms with Crippen LogP contribution in [0.15, 0.2) is 24.8 Å². The lowest BCUT2D eigenvalue weighted by Crippen LogP contribution is -2.07. The highest BCUT2D eigenvalue weighted by Crippen LogP contribution is 2.22. The zero-order chi connectivity index (χ0) is 11.4. The fourth-order valence-electron chi connectivity index (χ4n) is 1.34. The molecule has 0 aliphatic rings. The van der Waals surface area contributed by atoms with E-state index < -0.39 is 0 Å². The first-order chi connectivity index (χ1) is 7.79. The van der Waals surface area contributed by atoms with Crippen molar-refractivity contribution in [2.45, 2.75) is 26.3 Å². The summed E-state index contributed by atoms with van der Waals surface area (Å²) in [4.78, 5) is 13.9. The van der Waals surface area contributed by atoms with Gasteiger partial charge in [-0.25, -0.2) is 9.97 Å². The fraction of sp³-hybridized carbons (Fsp3) is 0.364. The molecule has 1 atom stereocenters. The van der Waals surface area contributed by atoms with Crippen molar-refractivity contribution in [2.24, 2.45) is 0 Å². The number of aromatic nitrogens is 3. The van der Waals surface area contributed by atoms with Gasteiger partial charge in [-0.2, -0.15) is 0 Å². The topological polar surface area (TPSA) is 50.7 Å². The van der Waals surface area contributed by atoms with E-state index >= 15 is 0 Å². The van der Waals surface area contributed by atoms with E-state index in [0.29, 0.717) is 0 Å². The molecule has 2 aromatic heterocycles. The third-order valence-electron chi connectivity index (χ3n) is 2.22. The van der Waals surface area contributed by atoms with Crippen molar-refractivity contribution < 1.29 is 0 Å². The lowest BCUT2D eigenvalue weighted by molar-refractivity contribution is 0.857. The summed E-state index contributed by atoms with van der Waals surface area (Å²) in [6.07, 6.45) is 8.03. The molecule has 0 saturated heterocycles. The number of rotatable bonds is 4. The van der Waals surface area contributed by atoms with Crippen LogP contribution >= 0.6 is 11.3 Å². The third kappa shape index (κ3) is 2.55. The van der Waals surface area contributed by atoms with E-state index in [1.165, 1.54) is 4.88 Å². The Bertz CT molecular complexity index is 440. The van der Waals surface area contributed by atoms with Gasteiger partial charge in [-0.05, 0) is 13.3 Å². The molecule has 5 heteroatoms. The lowest BCUT2D eigenvalue weighted by atomic mass is 10.3. The second-order valence-electron chi connectivity index (χ2n) is 3.48. The summed E-state index contributed by atoms with van der Waals surface area (Å²) in [6.45, 7) is 4.21. The molecule has 2 aromatic rings. The molecule has 0 aliphatic carbocycles. The zero-order valence-corrected chi connectivity index (χ0v) is 10.2. The Morgan fingerprint density at radius 1 is 1.31 bits per heavy atom. The van der Waals surface area contributed by atoms with Crippen LogP contribution < -0.4 is 5.32 Å². The molecule has 0 aliphatic heterocycles. The first-order valence-electron chi connectivity index (χ1n) is 5.26. The number of aryl methyl sites for hydroxylation is 1. The first kappa shape index (κ1) is 11.0. The van der Waals surface area contributed by atoms with Crippen molar-refractivity contribution in [1.82, 2.24) is 15.0 Å². The molecular weight excluding hydrogens is 220 g/mol. The standard InChI is InChI=1S/C11H14N4S/c1-3-9-6-14-11(16-9)8(2)15-10-7-12-4-5-13-10/h4-8H,3H2,1-2H3,(H,13,15). The van der Waals surface area contributed by atoms with E-state index in [4.69, 9.17) is 0 Å². The molecule has 0 spiro atoms. The molecule has 0 radical (unpaired) electrons. The Balaban J connectivity index is 2.05. The number of hydrogen-bond acceptors (Lipinski definition) is 5. The van der Waals surface area contributed by atoms with Crippen LogP contribution in [0.3, 0.4) is 0 Å². The van der Waals surface area contributed by atoms with Crippen molar-refractivity contribution in [3.05, 3.63) is 34.7 Å².